The van der Waals surface area contributed by atoms with Gasteiger partial charge in [-0.25, -0.2) is 4.98 Å². The third kappa shape index (κ3) is 3.94. The Kier molecular flexibility index (Phi) is 4.72. The monoisotopic (exact) mass is 261 g/mol. The lowest BCUT2D eigenvalue weighted by atomic mass is 10.2. The average Bonchev–Trinajstić information content (AvgIpc) is 3.07. The molecule has 2 rings (SSSR count). The zero-order chi connectivity index (χ0) is 13.5. The van der Waals surface area contributed by atoms with Gasteiger partial charge in [-0.1, -0.05) is 6.92 Å². The van der Waals surface area contributed by atoms with Gasteiger partial charge in [-0.2, -0.15) is 5.10 Å². The lowest BCUT2D eigenvalue weighted by Crippen LogP contribution is -2.27. The van der Waals surface area contributed by atoms with Gasteiger partial charge in [0.1, 0.15) is 5.82 Å². The summed E-state index contributed by atoms with van der Waals surface area (Å²) in [4.78, 5) is 15.9. The molecule has 0 bridgehead atoms. The Morgan fingerprint density at radius 2 is 2.42 bits per heavy atom. The summed E-state index contributed by atoms with van der Waals surface area (Å²) in [5, 5.41) is 9.50. The van der Waals surface area contributed by atoms with Gasteiger partial charge in [-0.15, -0.1) is 0 Å². The van der Waals surface area contributed by atoms with Crippen LogP contribution in [0.5, 0.6) is 0 Å². The number of H-pyrrole nitrogens is 1. The number of rotatable bonds is 7. The van der Waals surface area contributed by atoms with E-state index < -0.39 is 0 Å². The molecule has 2 N–H and O–H groups in total. The topological polar surface area (TPSA) is 75.6 Å². The number of hydrogen-bond acceptors (Lipinski definition) is 3. The van der Waals surface area contributed by atoms with Crippen LogP contribution < -0.4 is 5.32 Å². The van der Waals surface area contributed by atoms with Crippen LogP contribution >= 0.6 is 0 Å². The average molecular weight is 261 g/mol. The molecule has 102 valence electrons. The van der Waals surface area contributed by atoms with E-state index in [9.17, 15) is 4.79 Å². The van der Waals surface area contributed by atoms with Gasteiger partial charge in [0.25, 0.3) is 0 Å². The second kappa shape index (κ2) is 6.72. The second-order valence-electron chi connectivity index (χ2n) is 4.35. The van der Waals surface area contributed by atoms with Crippen LogP contribution in [0.4, 0.5) is 0 Å². The van der Waals surface area contributed by atoms with Crippen molar-refractivity contribution in [3.63, 3.8) is 0 Å². The molecule has 6 heteroatoms. The molecule has 0 aliphatic heterocycles. The molecule has 0 atom stereocenters. The number of hydrogen-bond donors (Lipinski definition) is 2. The Bertz CT molecular complexity index is 503. The van der Waals surface area contributed by atoms with Gasteiger partial charge in [-0.05, 0) is 12.0 Å². The summed E-state index contributed by atoms with van der Waals surface area (Å²) in [6.45, 7) is 3.47. The quantitative estimate of drug-likeness (QED) is 0.778. The summed E-state index contributed by atoms with van der Waals surface area (Å²) in [5.74, 6) is 1.12. The second-order valence-corrected chi connectivity index (χ2v) is 4.35. The van der Waals surface area contributed by atoms with Crippen molar-refractivity contribution in [1.82, 2.24) is 25.1 Å². The molecule has 0 aliphatic carbocycles. The van der Waals surface area contributed by atoms with Crippen LogP contribution in [-0.2, 0) is 24.2 Å². The molecule has 19 heavy (non-hydrogen) atoms. The van der Waals surface area contributed by atoms with Crippen molar-refractivity contribution in [2.24, 2.45) is 0 Å². The number of aromatic nitrogens is 4. The largest absolute Gasteiger partial charge is 0.354 e. The molecule has 2 heterocycles. The SMILES string of the molecule is CCc1nccn1CCNC(=O)CCc1cn[nH]c1. The Morgan fingerprint density at radius 1 is 1.53 bits per heavy atom. The van der Waals surface area contributed by atoms with Crippen molar-refractivity contribution in [2.75, 3.05) is 6.54 Å². The van der Waals surface area contributed by atoms with Crippen LogP contribution in [0, 0.1) is 0 Å². The predicted molar refractivity (Wildman–Crippen MR) is 71.5 cm³/mol. The molecule has 0 saturated heterocycles. The predicted octanol–water partition coefficient (Wildman–Crippen LogP) is 0.918. The smallest absolute Gasteiger partial charge is 0.220 e. The number of nitrogens with one attached hydrogen (secondary N) is 2. The van der Waals surface area contributed by atoms with Crippen molar-refractivity contribution in [2.45, 2.75) is 32.7 Å². The highest BCUT2D eigenvalue weighted by Crippen LogP contribution is 1.99. The van der Waals surface area contributed by atoms with E-state index in [1.807, 2.05) is 12.4 Å². The van der Waals surface area contributed by atoms with E-state index in [2.05, 4.69) is 32.0 Å². The Morgan fingerprint density at radius 3 is 3.16 bits per heavy atom. The first kappa shape index (κ1) is 13.3. The van der Waals surface area contributed by atoms with Gasteiger partial charge >= 0.3 is 0 Å². The zero-order valence-corrected chi connectivity index (χ0v) is 11.1. The Hall–Kier alpha value is -2.11. The van der Waals surface area contributed by atoms with Crippen LogP contribution in [0.15, 0.2) is 24.8 Å². The highest BCUT2D eigenvalue weighted by atomic mass is 16.1. The fraction of sp³-hybridized carbons (Fsp3) is 0.462. The van der Waals surface area contributed by atoms with E-state index in [1.165, 1.54) is 0 Å². The van der Waals surface area contributed by atoms with Crippen molar-refractivity contribution < 1.29 is 4.79 Å². The number of imidazole rings is 1. The van der Waals surface area contributed by atoms with E-state index in [0.717, 1.165) is 24.4 Å². The van der Waals surface area contributed by atoms with Crippen LogP contribution in [-0.4, -0.2) is 32.2 Å². The maximum Gasteiger partial charge on any atom is 0.220 e. The van der Waals surface area contributed by atoms with Crippen molar-refractivity contribution >= 4 is 5.91 Å². The third-order valence-corrected chi connectivity index (χ3v) is 2.99. The molecule has 0 radical (unpaired) electrons. The minimum Gasteiger partial charge on any atom is -0.354 e. The summed E-state index contributed by atoms with van der Waals surface area (Å²) >= 11 is 0. The minimum atomic E-state index is 0.0689. The van der Waals surface area contributed by atoms with Crippen molar-refractivity contribution in [3.05, 3.63) is 36.2 Å². The number of amides is 1. The molecule has 0 spiro atoms. The van der Waals surface area contributed by atoms with E-state index in [-0.39, 0.29) is 5.91 Å². The third-order valence-electron chi connectivity index (χ3n) is 2.99. The van der Waals surface area contributed by atoms with Crippen LogP contribution in [0.25, 0.3) is 0 Å². The molecule has 0 saturated carbocycles. The Balaban J connectivity index is 1.66. The number of carbonyl (C=O) groups is 1. The fourth-order valence-electron chi connectivity index (χ4n) is 1.93. The van der Waals surface area contributed by atoms with Crippen molar-refractivity contribution in [1.29, 1.82) is 0 Å². The van der Waals surface area contributed by atoms with Gasteiger partial charge < -0.3 is 9.88 Å². The van der Waals surface area contributed by atoms with Gasteiger partial charge in [0.15, 0.2) is 0 Å². The van der Waals surface area contributed by atoms with E-state index in [1.54, 1.807) is 12.4 Å². The van der Waals surface area contributed by atoms with E-state index in [0.29, 0.717) is 19.4 Å². The molecule has 0 unspecified atom stereocenters. The molecule has 0 fully saturated rings. The normalized spacial score (nSPS) is 10.6. The molecule has 0 aliphatic rings. The molecule has 1 amide bonds. The van der Waals surface area contributed by atoms with Gasteiger partial charge in [0, 0.05) is 44.5 Å². The lowest BCUT2D eigenvalue weighted by molar-refractivity contribution is -0.121. The van der Waals surface area contributed by atoms with Crippen molar-refractivity contribution in [3.8, 4) is 0 Å². The number of aromatic amines is 1. The van der Waals surface area contributed by atoms with Crippen LogP contribution in [0.2, 0.25) is 0 Å². The highest BCUT2D eigenvalue weighted by molar-refractivity contribution is 5.76. The minimum absolute atomic E-state index is 0.0689. The lowest BCUT2D eigenvalue weighted by Gasteiger charge is -2.07. The summed E-state index contributed by atoms with van der Waals surface area (Å²) in [6, 6.07) is 0. The first-order chi connectivity index (χ1) is 9.29. The molecular formula is C13H19N5O. The first-order valence-electron chi connectivity index (χ1n) is 6.54. The summed E-state index contributed by atoms with van der Waals surface area (Å²) in [6.07, 6.45) is 9.40. The Labute approximate surface area is 112 Å². The molecule has 2 aromatic heterocycles. The molecular weight excluding hydrogens is 242 g/mol. The van der Waals surface area contributed by atoms with Crippen LogP contribution in [0.1, 0.15) is 24.7 Å². The first-order valence-corrected chi connectivity index (χ1v) is 6.54. The van der Waals surface area contributed by atoms with Gasteiger partial charge in [0.2, 0.25) is 5.91 Å². The summed E-state index contributed by atoms with van der Waals surface area (Å²) in [5.41, 5.74) is 1.05. The highest BCUT2D eigenvalue weighted by Gasteiger charge is 2.04. The standard InChI is InChI=1S/C13H19N5O/c1-2-12-14-5-7-18(12)8-6-15-13(19)4-3-11-9-16-17-10-11/h5,7,9-10H,2-4,6,8H2,1H3,(H,15,19)(H,16,17). The van der Waals surface area contributed by atoms with Crippen LogP contribution in [0.3, 0.4) is 0 Å². The number of aryl methyl sites for hydroxylation is 2. The van der Waals surface area contributed by atoms with E-state index >= 15 is 0 Å². The maximum absolute atomic E-state index is 11.7. The number of nitrogens with zero attached hydrogens (tertiary/aromatic N) is 3. The number of carbonyl (C=O) groups excluding carboxylic acids is 1. The summed E-state index contributed by atoms with van der Waals surface area (Å²) < 4.78 is 2.07. The fourth-order valence-corrected chi connectivity index (χ4v) is 1.93. The molecule has 0 aromatic carbocycles. The summed E-state index contributed by atoms with van der Waals surface area (Å²) in [7, 11) is 0. The zero-order valence-electron chi connectivity index (χ0n) is 11.1. The van der Waals surface area contributed by atoms with Gasteiger partial charge in [-0.3, -0.25) is 9.89 Å². The molecule has 6 nitrogen and oxygen atoms in total. The maximum atomic E-state index is 11.7. The molecule has 2 aromatic rings. The van der Waals surface area contributed by atoms with E-state index in [4.69, 9.17) is 0 Å². The van der Waals surface area contributed by atoms with Gasteiger partial charge in [0.05, 0.1) is 6.20 Å².